The lowest BCUT2D eigenvalue weighted by atomic mass is 9.96. The summed E-state index contributed by atoms with van der Waals surface area (Å²) < 4.78 is 1.68. The average Bonchev–Trinajstić information content (AvgIpc) is 2.69. The van der Waals surface area contributed by atoms with Crippen molar-refractivity contribution in [2.45, 2.75) is 19.8 Å². The second-order valence-electron chi connectivity index (χ2n) is 4.74. The van der Waals surface area contributed by atoms with E-state index < -0.39 is 0 Å². The molecule has 2 N–H and O–H groups in total. The van der Waals surface area contributed by atoms with Crippen molar-refractivity contribution < 1.29 is 9.59 Å². The molecule has 1 aliphatic rings. The molecule has 0 unspecified atom stereocenters. The van der Waals surface area contributed by atoms with Gasteiger partial charge in [0.05, 0.1) is 11.8 Å². The van der Waals surface area contributed by atoms with Crippen LogP contribution in [0, 0.1) is 12.8 Å². The Kier molecular flexibility index (Phi) is 3.36. The summed E-state index contributed by atoms with van der Waals surface area (Å²) in [5, 5.41) is 4.07. The Morgan fingerprint density at radius 2 is 2.00 bits per heavy atom. The van der Waals surface area contributed by atoms with Gasteiger partial charge < -0.3 is 10.6 Å². The molecule has 1 aliphatic heterocycles. The van der Waals surface area contributed by atoms with Crippen molar-refractivity contribution in [2.24, 2.45) is 18.7 Å². The van der Waals surface area contributed by atoms with Crippen molar-refractivity contribution in [3.8, 4) is 0 Å². The summed E-state index contributed by atoms with van der Waals surface area (Å²) in [4.78, 5) is 25.1. The number of primary amides is 1. The predicted molar refractivity (Wildman–Crippen MR) is 65.8 cm³/mol. The van der Waals surface area contributed by atoms with Gasteiger partial charge in [-0.15, -0.1) is 0 Å². The van der Waals surface area contributed by atoms with Crippen molar-refractivity contribution >= 4 is 11.8 Å². The van der Waals surface area contributed by atoms with E-state index in [1.165, 1.54) is 0 Å². The molecule has 0 aliphatic carbocycles. The summed E-state index contributed by atoms with van der Waals surface area (Å²) in [6.07, 6.45) is 2.90. The van der Waals surface area contributed by atoms with E-state index in [-0.39, 0.29) is 17.7 Å². The SMILES string of the molecule is Cc1c(C(=O)N2CCC(C(N)=O)CC2)cnn1C. The summed E-state index contributed by atoms with van der Waals surface area (Å²) in [5.74, 6) is -0.368. The quantitative estimate of drug-likeness (QED) is 0.806. The highest BCUT2D eigenvalue weighted by atomic mass is 16.2. The third kappa shape index (κ3) is 2.23. The maximum Gasteiger partial charge on any atom is 0.257 e. The molecule has 2 rings (SSSR count). The number of nitrogens with zero attached hydrogens (tertiary/aromatic N) is 3. The van der Waals surface area contributed by atoms with Gasteiger partial charge >= 0.3 is 0 Å². The first-order chi connectivity index (χ1) is 8.50. The first kappa shape index (κ1) is 12.6. The molecule has 0 saturated carbocycles. The van der Waals surface area contributed by atoms with Gasteiger partial charge in [0.1, 0.15) is 0 Å². The van der Waals surface area contributed by atoms with Crippen LogP contribution in [0.2, 0.25) is 0 Å². The van der Waals surface area contributed by atoms with Gasteiger partial charge in [-0.3, -0.25) is 14.3 Å². The summed E-state index contributed by atoms with van der Waals surface area (Å²) >= 11 is 0. The molecule has 1 fully saturated rings. The summed E-state index contributed by atoms with van der Waals surface area (Å²) in [7, 11) is 1.81. The highest BCUT2D eigenvalue weighted by molar-refractivity contribution is 5.95. The van der Waals surface area contributed by atoms with E-state index >= 15 is 0 Å². The van der Waals surface area contributed by atoms with Crippen LogP contribution in [0.25, 0.3) is 0 Å². The lowest BCUT2D eigenvalue weighted by Crippen LogP contribution is -2.41. The summed E-state index contributed by atoms with van der Waals surface area (Å²) in [5.41, 5.74) is 6.76. The normalized spacial score (nSPS) is 16.9. The minimum absolute atomic E-state index is 0.0106. The molecular formula is C12H18N4O2. The Bertz CT molecular complexity index is 472. The van der Waals surface area contributed by atoms with E-state index in [9.17, 15) is 9.59 Å². The highest BCUT2D eigenvalue weighted by Crippen LogP contribution is 2.19. The van der Waals surface area contributed by atoms with Gasteiger partial charge in [0.25, 0.3) is 5.91 Å². The van der Waals surface area contributed by atoms with Crippen LogP contribution >= 0.6 is 0 Å². The molecule has 98 valence electrons. The highest BCUT2D eigenvalue weighted by Gasteiger charge is 2.27. The predicted octanol–water partition coefficient (Wildman–Crippen LogP) is 0.0660. The van der Waals surface area contributed by atoms with Crippen LogP contribution in [-0.2, 0) is 11.8 Å². The molecule has 1 saturated heterocycles. The Morgan fingerprint density at radius 3 is 2.44 bits per heavy atom. The molecular weight excluding hydrogens is 232 g/mol. The zero-order chi connectivity index (χ0) is 13.3. The minimum atomic E-state index is -0.264. The molecule has 6 heteroatoms. The first-order valence-electron chi connectivity index (χ1n) is 6.08. The fraction of sp³-hybridized carbons (Fsp3) is 0.583. The Morgan fingerprint density at radius 1 is 1.39 bits per heavy atom. The van der Waals surface area contributed by atoms with E-state index in [4.69, 9.17) is 5.73 Å². The van der Waals surface area contributed by atoms with Gasteiger partial charge in [-0.25, -0.2) is 0 Å². The Balaban J connectivity index is 2.04. The molecule has 18 heavy (non-hydrogen) atoms. The standard InChI is InChI=1S/C12H18N4O2/c1-8-10(7-14-15(8)2)12(18)16-5-3-9(4-6-16)11(13)17/h7,9H,3-6H2,1-2H3,(H2,13,17). The molecule has 0 aromatic carbocycles. The molecule has 0 atom stereocenters. The van der Waals surface area contributed by atoms with Crippen molar-refractivity contribution in [1.29, 1.82) is 0 Å². The van der Waals surface area contributed by atoms with Gasteiger partial charge in [-0.2, -0.15) is 5.10 Å². The van der Waals surface area contributed by atoms with Crippen molar-refractivity contribution in [3.05, 3.63) is 17.5 Å². The molecule has 0 radical (unpaired) electrons. The average molecular weight is 250 g/mol. The molecule has 2 heterocycles. The van der Waals surface area contributed by atoms with Crippen LogP contribution in [0.3, 0.4) is 0 Å². The minimum Gasteiger partial charge on any atom is -0.369 e. The van der Waals surface area contributed by atoms with E-state index in [2.05, 4.69) is 5.10 Å². The van der Waals surface area contributed by atoms with Crippen molar-refractivity contribution in [3.63, 3.8) is 0 Å². The van der Waals surface area contributed by atoms with Crippen LogP contribution in [0.1, 0.15) is 28.9 Å². The maximum absolute atomic E-state index is 12.3. The molecule has 2 amide bonds. The second-order valence-corrected chi connectivity index (χ2v) is 4.74. The number of aryl methyl sites for hydroxylation is 1. The number of piperidine rings is 1. The lowest BCUT2D eigenvalue weighted by molar-refractivity contribution is -0.123. The third-order valence-corrected chi connectivity index (χ3v) is 3.65. The van der Waals surface area contributed by atoms with Gasteiger partial charge in [0, 0.05) is 31.7 Å². The van der Waals surface area contributed by atoms with Crippen LogP contribution in [-0.4, -0.2) is 39.6 Å². The Hall–Kier alpha value is -1.85. The fourth-order valence-electron chi connectivity index (χ4n) is 2.25. The van der Waals surface area contributed by atoms with E-state index in [0.29, 0.717) is 31.5 Å². The zero-order valence-corrected chi connectivity index (χ0v) is 10.7. The smallest absolute Gasteiger partial charge is 0.257 e. The summed E-state index contributed by atoms with van der Waals surface area (Å²) in [6, 6.07) is 0. The number of hydrogen-bond donors (Lipinski definition) is 1. The second kappa shape index (κ2) is 4.80. The number of aromatic nitrogens is 2. The fourth-order valence-corrected chi connectivity index (χ4v) is 2.25. The number of amides is 2. The number of carbonyl (C=O) groups is 2. The number of nitrogens with two attached hydrogens (primary N) is 1. The number of hydrogen-bond acceptors (Lipinski definition) is 3. The summed E-state index contributed by atoms with van der Waals surface area (Å²) in [6.45, 7) is 3.04. The molecule has 0 bridgehead atoms. The maximum atomic E-state index is 12.3. The van der Waals surface area contributed by atoms with E-state index in [1.54, 1.807) is 15.8 Å². The lowest BCUT2D eigenvalue weighted by Gasteiger charge is -2.30. The van der Waals surface area contributed by atoms with Gasteiger partial charge in [-0.05, 0) is 19.8 Å². The van der Waals surface area contributed by atoms with E-state index in [0.717, 1.165) is 5.69 Å². The third-order valence-electron chi connectivity index (χ3n) is 3.65. The molecule has 1 aromatic rings. The number of rotatable bonds is 2. The van der Waals surface area contributed by atoms with Gasteiger partial charge in [0.2, 0.25) is 5.91 Å². The van der Waals surface area contributed by atoms with E-state index in [1.807, 2.05) is 14.0 Å². The monoisotopic (exact) mass is 250 g/mol. The number of likely N-dealkylation sites (tertiary alicyclic amines) is 1. The van der Waals surface area contributed by atoms with Gasteiger partial charge in [-0.1, -0.05) is 0 Å². The van der Waals surface area contributed by atoms with Crippen LogP contribution in [0.15, 0.2) is 6.20 Å². The van der Waals surface area contributed by atoms with Crippen molar-refractivity contribution in [2.75, 3.05) is 13.1 Å². The van der Waals surface area contributed by atoms with Crippen LogP contribution in [0.5, 0.6) is 0 Å². The molecule has 0 spiro atoms. The molecule has 1 aromatic heterocycles. The van der Waals surface area contributed by atoms with Crippen LogP contribution in [0.4, 0.5) is 0 Å². The zero-order valence-electron chi connectivity index (χ0n) is 10.7. The largest absolute Gasteiger partial charge is 0.369 e. The van der Waals surface area contributed by atoms with Gasteiger partial charge in [0.15, 0.2) is 0 Å². The van der Waals surface area contributed by atoms with Crippen molar-refractivity contribution in [1.82, 2.24) is 14.7 Å². The van der Waals surface area contributed by atoms with Crippen LogP contribution < -0.4 is 5.73 Å². The number of carbonyl (C=O) groups excluding carboxylic acids is 2. The molecule has 6 nitrogen and oxygen atoms in total. The first-order valence-corrected chi connectivity index (χ1v) is 6.08. The topological polar surface area (TPSA) is 81.2 Å². The Labute approximate surface area is 106 Å².